The van der Waals surface area contributed by atoms with Crippen LogP contribution in [0.5, 0.6) is 0 Å². The first-order chi connectivity index (χ1) is 10.8. The van der Waals surface area contributed by atoms with Crippen molar-refractivity contribution in [3.8, 4) is 0 Å². The predicted octanol–water partition coefficient (Wildman–Crippen LogP) is 2.98. The highest BCUT2D eigenvalue weighted by Crippen LogP contribution is 2.27. The van der Waals surface area contributed by atoms with Gasteiger partial charge in [0, 0.05) is 30.3 Å². The second-order valence-electron chi connectivity index (χ2n) is 7.52. The number of nitrogens with one attached hydrogen (secondary N) is 2. The third kappa shape index (κ3) is 5.77. The minimum absolute atomic E-state index is 0.0645. The number of urea groups is 1. The summed E-state index contributed by atoms with van der Waals surface area (Å²) < 4.78 is 0. The van der Waals surface area contributed by atoms with Crippen LogP contribution in [0.2, 0.25) is 0 Å². The maximum Gasteiger partial charge on any atom is 0.314 e. The Labute approximate surface area is 142 Å². The normalized spacial score (nSPS) is 17.7. The van der Waals surface area contributed by atoms with Gasteiger partial charge in [-0.05, 0) is 12.8 Å². The summed E-state index contributed by atoms with van der Waals surface area (Å²) in [5.74, 6) is 0. The Kier molecular flexibility index (Phi) is 6.03. The van der Waals surface area contributed by atoms with Crippen molar-refractivity contribution in [2.75, 3.05) is 13.1 Å². The molecule has 2 amide bonds. The van der Waals surface area contributed by atoms with E-state index < -0.39 is 5.60 Å². The highest BCUT2D eigenvalue weighted by Gasteiger charge is 2.29. The number of amides is 2. The van der Waals surface area contributed by atoms with Crippen LogP contribution >= 0.6 is 11.3 Å². The summed E-state index contributed by atoms with van der Waals surface area (Å²) in [6, 6.07) is -0.211. The molecule has 1 aromatic rings. The number of carbonyl (C=O) groups excluding carboxylic acids is 1. The molecule has 1 fully saturated rings. The molecule has 0 radical (unpaired) electrons. The van der Waals surface area contributed by atoms with E-state index in [0.717, 1.165) is 42.8 Å². The fourth-order valence-electron chi connectivity index (χ4n) is 2.75. The molecule has 0 unspecified atom stereocenters. The first-order valence-corrected chi connectivity index (χ1v) is 9.35. The molecular formula is C17H29N3O2S. The third-order valence-corrected chi connectivity index (χ3v) is 5.22. The zero-order chi connectivity index (χ0) is 16.9. The number of aromatic nitrogens is 1. The highest BCUT2D eigenvalue weighted by atomic mass is 32.1. The van der Waals surface area contributed by atoms with E-state index in [2.05, 4.69) is 41.8 Å². The molecular weight excluding hydrogens is 310 g/mol. The Morgan fingerprint density at radius 1 is 1.30 bits per heavy atom. The van der Waals surface area contributed by atoms with Crippen molar-refractivity contribution < 1.29 is 9.90 Å². The standard InChI is InChI=1S/C17H29N3O2S/c1-16(2,3)13-11-23-14(20-13)7-10-18-15(21)19-12-17(22)8-5-4-6-9-17/h11,22H,4-10,12H2,1-3H3,(H2,18,19,21). The van der Waals surface area contributed by atoms with Crippen LogP contribution in [-0.2, 0) is 11.8 Å². The van der Waals surface area contributed by atoms with Gasteiger partial charge in [-0.3, -0.25) is 0 Å². The molecule has 0 bridgehead atoms. The van der Waals surface area contributed by atoms with E-state index in [4.69, 9.17) is 0 Å². The van der Waals surface area contributed by atoms with Crippen molar-refractivity contribution in [1.29, 1.82) is 0 Å². The van der Waals surface area contributed by atoms with Gasteiger partial charge in [0.15, 0.2) is 0 Å². The molecule has 1 aromatic heterocycles. The number of aliphatic hydroxyl groups is 1. The molecule has 0 saturated heterocycles. The molecule has 23 heavy (non-hydrogen) atoms. The number of rotatable bonds is 5. The molecule has 1 saturated carbocycles. The van der Waals surface area contributed by atoms with Gasteiger partial charge in [-0.1, -0.05) is 40.0 Å². The molecule has 0 aliphatic heterocycles. The molecule has 0 spiro atoms. The first-order valence-electron chi connectivity index (χ1n) is 8.47. The van der Waals surface area contributed by atoms with Crippen LogP contribution < -0.4 is 10.6 Å². The summed E-state index contributed by atoms with van der Waals surface area (Å²) in [5, 5.41) is 19.1. The Morgan fingerprint density at radius 2 is 2.00 bits per heavy atom. The van der Waals surface area contributed by atoms with Crippen molar-refractivity contribution >= 4 is 17.4 Å². The van der Waals surface area contributed by atoms with Crippen molar-refractivity contribution in [1.82, 2.24) is 15.6 Å². The fraction of sp³-hybridized carbons (Fsp3) is 0.765. The quantitative estimate of drug-likeness (QED) is 0.772. The van der Waals surface area contributed by atoms with Gasteiger partial charge in [0.1, 0.15) is 0 Å². The summed E-state index contributed by atoms with van der Waals surface area (Å²) in [5.41, 5.74) is 0.447. The van der Waals surface area contributed by atoms with Crippen LogP contribution in [0.15, 0.2) is 5.38 Å². The highest BCUT2D eigenvalue weighted by molar-refractivity contribution is 7.09. The topological polar surface area (TPSA) is 74.2 Å². The zero-order valence-electron chi connectivity index (χ0n) is 14.4. The van der Waals surface area contributed by atoms with E-state index >= 15 is 0 Å². The molecule has 0 aromatic carbocycles. The number of hydrogen-bond acceptors (Lipinski definition) is 4. The Morgan fingerprint density at radius 3 is 2.61 bits per heavy atom. The summed E-state index contributed by atoms with van der Waals surface area (Å²) >= 11 is 1.64. The Balaban J connectivity index is 1.67. The van der Waals surface area contributed by atoms with E-state index in [1.807, 2.05) is 0 Å². The number of thiazole rings is 1. The summed E-state index contributed by atoms with van der Waals surface area (Å²) in [4.78, 5) is 16.4. The third-order valence-electron chi connectivity index (χ3n) is 4.31. The maximum atomic E-state index is 11.8. The van der Waals surface area contributed by atoms with Gasteiger partial charge in [0.25, 0.3) is 0 Å². The van der Waals surface area contributed by atoms with Gasteiger partial charge >= 0.3 is 6.03 Å². The average molecular weight is 340 g/mol. The zero-order valence-corrected chi connectivity index (χ0v) is 15.3. The van der Waals surface area contributed by atoms with Crippen LogP contribution in [0.1, 0.15) is 63.6 Å². The SMILES string of the molecule is CC(C)(C)c1csc(CCNC(=O)NCC2(O)CCCCC2)n1. The lowest BCUT2D eigenvalue weighted by atomic mass is 9.85. The number of hydrogen-bond donors (Lipinski definition) is 3. The van der Waals surface area contributed by atoms with Crippen LogP contribution in [0.4, 0.5) is 4.79 Å². The predicted molar refractivity (Wildman–Crippen MR) is 94.0 cm³/mol. The van der Waals surface area contributed by atoms with Gasteiger partial charge in [-0.25, -0.2) is 9.78 Å². The van der Waals surface area contributed by atoms with Gasteiger partial charge < -0.3 is 15.7 Å². The van der Waals surface area contributed by atoms with Crippen LogP contribution in [-0.4, -0.2) is 34.8 Å². The monoisotopic (exact) mass is 339 g/mol. The lowest BCUT2D eigenvalue weighted by molar-refractivity contribution is 0.00720. The van der Waals surface area contributed by atoms with Crippen LogP contribution in [0, 0.1) is 0 Å². The lowest BCUT2D eigenvalue weighted by Crippen LogP contribution is -2.47. The summed E-state index contributed by atoms with van der Waals surface area (Å²) in [7, 11) is 0. The van der Waals surface area contributed by atoms with E-state index in [9.17, 15) is 9.90 Å². The molecule has 1 heterocycles. The van der Waals surface area contributed by atoms with Gasteiger partial charge in [0.05, 0.1) is 16.3 Å². The number of nitrogens with zero attached hydrogens (tertiary/aromatic N) is 1. The van der Waals surface area contributed by atoms with E-state index in [-0.39, 0.29) is 11.4 Å². The fourth-order valence-corrected chi connectivity index (χ4v) is 3.77. The Bertz CT molecular complexity index is 516. The second kappa shape index (κ2) is 7.62. The summed E-state index contributed by atoms with van der Waals surface area (Å²) in [6.45, 7) is 7.33. The minimum atomic E-state index is -0.716. The molecule has 0 atom stereocenters. The van der Waals surface area contributed by atoms with Crippen LogP contribution in [0.3, 0.4) is 0 Å². The molecule has 1 aliphatic carbocycles. The Hall–Kier alpha value is -1.14. The summed E-state index contributed by atoms with van der Waals surface area (Å²) in [6.07, 6.45) is 5.56. The van der Waals surface area contributed by atoms with Crippen molar-refractivity contribution in [3.05, 3.63) is 16.1 Å². The number of carbonyl (C=O) groups is 1. The molecule has 3 N–H and O–H groups in total. The van der Waals surface area contributed by atoms with Crippen molar-refractivity contribution in [2.45, 2.75) is 70.3 Å². The van der Waals surface area contributed by atoms with Crippen molar-refractivity contribution in [2.24, 2.45) is 0 Å². The van der Waals surface area contributed by atoms with Gasteiger partial charge in [-0.15, -0.1) is 11.3 Å². The second-order valence-corrected chi connectivity index (χ2v) is 8.46. The maximum absolute atomic E-state index is 11.8. The lowest BCUT2D eigenvalue weighted by Gasteiger charge is -2.32. The van der Waals surface area contributed by atoms with Gasteiger partial charge in [-0.2, -0.15) is 0 Å². The van der Waals surface area contributed by atoms with Crippen molar-refractivity contribution in [3.63, 3.8) is 0 Å². The first kappa shape index (κ1) is 18.2. The van der Waals surface area contributed by atoms with E-state index in [1.165, 1.54) is 6.42 Å². The average Bonchev–Trinajstić information content (AvgIpc) is 2.95. The molecule has 2 rings (SSSR count). The smallest absolute Gasteiger partial charge is 0.314 e. The van der Waals surface area contributed by atoms with E-state index in [1.54, 1.807) is 11.3 Å². The molecule has 1 aliphatic rings. The van der Waals surface area contributed by atoms with Gasteiger partial charge in [0.2, 0.25) is 0 Å². The largest absolute Gasteiger partial charge is 0.388 e. The molecule has 5 nitrogen and oxygen atoms in total. The molecule has 130 valence electrons. The van der Waals surface area contributed by atoms with Crippen LogP contribution in [0.25, 0.3) is 0 Å². The van der Waals surface area contributed by atoms with E-state index in [0.29, 0.717) is 13.1 Å². The minimum Gasteiger partial charge on any atom is -0.388 e. The molecule has 6 heteroatoms.